The number of nitrogens with one attached hydrogen (secondary N) is 2. The van der Waals surface area contributed by atoms with Crippen molar-refractivity contribution in [1.82, 2.24) is 9.97 Å². The second-order valence-electron chi connectivity index (χ2n) is 6.25. The first kappa shape index (κ1) is 19.8. The molecule has 146 valence electrons. The highest BCUT2D eigenvalue weighted by Crippen LogP contribution is 2.36. The molecule has 5 nitrogen and oxygen atoms in total. The number of aromatic nitrogens is 2. The fourth-order valence-corrected chi connectivity index (χ4v) is 2.68. The monoisotopic (exact) mass is 407 g/mol. The number of hydrogen-bond acceptors (Lipinski definition) is 5. The maximum atomic E-state index is 13.0. The predicted octanol–water partition coefficient (Wildman–Crippen LogP) is 5.84. The van der Waals surface area contributed by atoms with E-state index in [9.17, 15) is 13.2 Å². The van der Waals surface area contributed by atoms with Gasteiger partial charge in [-0.3, -0.25) is 0 Å². The van der Waals surface area contributed by atoms with Crippen LogP contribution in [0.25, 0.3) is 0 Å². The molecule has 0 fully saturated rings. The molecule has 0 atom stereocenters. The molecular weight excluding hydrogens is 391 g/mol. The Morgan fingerprint density at radius 3 is 2.21 bits per heavy atom. The van der Waals surface area contributed by atoms with E-state index in [0.29, 0.717) is 5.82 Å². The van der Waals surface area contributed by atoms with E-state index < -0.39 is 11.7 Å². The van der Waals surface area contributed by atoms with Gasteiger partial charge in [0, 0.05) is 5.69 Å². The quantitative estimate of drug-likeness (QED) is 0.507. The van der Waals surface area contributed by atoms with Gasteiger partial charge in [-0.2, -0.15) is 13.2 Å². The Morgan fingerprint density at radius 1 is 0.929 bits per heavy atom. The zero-order valence-electron chi connectivity index (χ0n) is 15.0. The van der Waals surface area contributed by atoms with E-state index in [0.717, 1.165) is 28.9 Å². The van der Waals surface area contributed by atoms with Gasteiger partial charge in [0.25, 0.3) is 0 Å². The lowest BCUT2D eigenvalue weighted by atomic mass is 10.1. The molecule has 0 radical (unpaired) electrons. The fraction of sp³-hybridized carbons (Fsp3) is 0.158. The number of nitrogen functional groups attached to an aromatic ring is 1. The zero-order valence-corrected chi connectivity index (χ0v) is 15.8. The van der Waals surface area contributed by atoms with Crippen LogP contribution >= 0.6 is 11.6 Å². The number of alkyl halides is 3. The van der Waals surface area contributed by atoms with Crippen LogP contribution < -0.4 is 16.4 Å². The summed E-state index contributed by atoms with van der Waals surface area (Å²) in [6.07, 6.45) is -3.23. The van der Waals surface area contributed by atoms with Gasteiger partial charge < -0.3 is 16.4 Å². The summed E-state index contributed by atoms with van der Waals surface area (Å²) >= 11 is 6.03. The van der Waals surface area contributed by atoms with Gasteiger partial charge in [-0.25, -0.2) is 9.97 Å². The van der Waals surface area contributed by atoms with Crippen LogP contribution in [-0.2, 0) is 6.18 Å². The molecule has 0 aliphatic rings. The van der Waals surface area contributed by atoms with Crippen molar-refractivity contribution in [1.29, 1.82) is 0 Å². The molecule has 0 aliphatic heterocycles. The van der Waals surface area contributed by atoms with E-state index in [2.05, 4.69) is 20.6 Å². The highest BCUT2D eigenvalue weighted by molar-refractivity contribution is 6.33. The lowest BCUT2D eigenvalue weighted by molar-refractivity contribution is -0.137. The summed E-state index contributed by atoms with van der Waals surface area (Å²) in [6.45, 7) is 3.89. The Morgan fingerprint density at radius 2 is 1.57 bits per heavy atom. The summed E-state index contributed by atoms with van der Waals surface area (Å²) in [4.78, 5) is 8.15. The Labute approximate surface area is 164 Å². The van der Waals surface area contributed by atoms with Gasteiger partial charge >= 0.3 is 6.18 Å². The van der Waals surface area contributed by atoms with E-state index in [1.807, 2.05) is 32.0 Å². The minimum Gasteiger partial charge on any atom is -0.393 e. The maximum absolute atomic E-state index is 13.0. The Hall–Kier alpha value is -3.00. The summed E-state index contributed by atoms with van der Waals surface area (Å²) < 4.78 is 38.9. The minimum absolute atomic E-state index is 0.0413. The van der Waals surface area contributed by atoms with Crippen LogP contribution in [0.5, 0.6) is 0 Å². The lowest BCUT2D eigenvalue weighted by Crippen LogP contribution is -2.08. The van der Waals surface area contributed by atoms with E-state index in [4.69, 9.17) is 17.3 Å². The van der Waals surface area contributed by atoms with Crippen LogP contribution in [0.15, 0.2) is 42.7 Å². The van der Waals surface area contributed by atoms with Crippen LogP contribution in [0.4, 0.5) is 41.9 Å². The highest BCUT2D eigenvalue weighted by Gasteiger charge is 2.31. The number of halogens is 4. The van der Waals surface area contributed by atoms with E-state index in [1.54, 1.807) is 0 Å². The molecule has 1 aromatic heterocycles. The van der Waals surface area contributed by atoms with Crippen LogP contribution in [0.1, 0.15) is 16.7 Å². The smallest absolute Gasteiger partial charge is 0.393 e. The summed E-state index contributed by atoms with van der Waals surface area (Å²) in [5.74, 6) is 0.471. The molecule has 4 N–H and O–H groups in total. The van der Waals surface area contributed by atoms with Gasteiger partial charge in [0.2, 0.25) is 0 Å². The normalized spacial score (nSPS) is 11.4. The number of anilines is 5. The molecule has 3 aromatic rings. The second kappa shape index (κ2) is 7.55. The van der Waals surface area contributed by atoms with Crippen LogP contribution in [0, 0.1) is 13.8 Å². The molecule has 28 heavy (non-hydrogen) atoms. The van der Waals surface area contributed by atoms with Gasteiger partial charge in [0.1, 0.15) is 12.0 Å². The number of hydrogen-bond donors (Lipinski definition) is 3. The van der Waals surface area contributed by atoms with E-state index in [1.165, 1.54) is 12.4 Å². The zero-order chi connectivity index (χ0) is 20.5. The van der Waals surface area contributed by atoms with E-state index in [-0.39, 0.29) is 22.2 Å². The molecule has 9 heteroatoms. The largest absolute Gasteiger partial charge is 0.416 e. The summed E-state index contributed by atoms with van der Waals surface area (Å²) in [7, 11) is 0. The summed E-state index contributed by atoms with van der Waals surface area (Å²) in [6, 6.07) is 8.85. The van der Waals surface area contributed by atoms with Crippen molar-refractivity contribution in [2.75, 3.05) is 16.4 Å². The molecular formula is C19H17ClF3N5. The molecule has 0 bridgehead atoms. The molecule has 2 aromatic carbocycles. The first-order valence-corrected chi connectivity index (χ1v) is 8.61. The molecule has 0 unspecified atom stereocenters. The molecule has 1 heterocycles. The fourth-order valence-electron chi connectivity index (χ4n) is 2.52. The first-order valence-electron chi connectivity index (χ1n) is 8.23. The summed E-state index contributed by atoms with van der Waals surface area (Å²) in [5, 5.41) is 5.99. The number of nitrogens with zero attached hydrogens (tertiary/aromatic N) is 2. The highest BCUT2D eigenvalue weighted by atomic mass is 35.5. The average Bonchev–Trinajstić information content (AvgIpc) is 2.62. The third-order valence-corrected chi connectivity index (χ3v) is 4.41. The molecule has 0 saturated heterocycles. The second-order valence-corrected chi connectivity index (χ2v) is 6.65. The van der Waals surface area contributed by atoms with Crippen molar-refractivity contribution in [3.63, 3.8) is 0 Å². The van der Waals surface area contributed by atoms with Crippen molar-refractivity contribution in [3.05, 3.63) is 64.4 Å². The van der Waals surface area contributed by atoms with Crippen LogP contribution in [0.3, 0.4) is 0 Å². The van der Waals surface area contributed by atoms with E-state index >= 15 is 0 Å². The van der Waals surface area contributed by atoms with Gasteiger partial charge in [-0.1, -0.05) is 23.7 Å². The lowest BCUT2D eigenvalue weighted by Gasteiger charge is -2.16. The van der Waals surface area contributed by atoms with Crippen molar-refractivity contribution in [3.8, 4) is 0 Å². The van der Waals surface area contributed by atoms with Gasteiger partial charge in [-0.15, -0.1) is 0 Å². The minimum atomic E-state index is -4.49. The van der Waals surface area contributed by atoms with Gasteiger partial charge in [-0.05, 0) is 49.2 Å². The standard InChI is InChI=1S/C19H17ClF3N5/c1-10-3-4-11(2)14(7-10)27-17-16(24)18(26-9-25-17)28-15-8-12(19(21,22)23)5-6-13(15)20/h3-9H,24H2,1-2H3,(H2,25,26,27,28). The molecule has 0 saturated carbocycles. The Balaban J connectivity index is 1.93. The SMILES string of the molecule is Cc1ccc(C)c(Nc2ncnc(Nc3cc(C(F)(F)F)ccc3Cl)c2N)c1. The number of rotatable bonds is 4. The van der Waals surface area contributed by atoms with Gasteiger partial charge in [0.15, 0.2) is 11.6 Å². The number of aryl methyl sites for hydroxylation is 2. The van der Waals surface area contributed by atoms with Gasteiger partial charge in [0.05, 0.1) is 16.3 Å². The van der Waals surface area contributed by atoms with Crippen molar-refractivity contribution in [2.45, 2.75) is 20.0 Å². The molecule has 0 spiro atoms. The molecule has 3 rings (SSSR count). The third-order valence-electron chi connectivity index (χ3n) is 4.08. The predicted molar refractivity (Wildman–Crippen MR) is 105 cm³/mol. The Bertz CT molecular complexity index is 1020. The number of nitrogens with two attached hydrogens (primary N) is 1. The van der Waals surface area contributed by atoms with Crippen molar-refractivity contribution in [2.24, 2.45) is 0 Å². The van der Waals surface area contributed by atoms with Crippen molar-refractivity contribution >= 4 is 40.3 Å². The Kier molecular flexibility index (Phi) is 5.33. The average molecular weight is 408 g/mol. The topological polar surface area (TPSA) is 75.9 Å². The van der Waals surface area contributed by atoms with Crippen LogP contribution in [0.2, 0.25) is 5.02 Å². The number of benzene rings is 2. The maximum Gasteiger partial charge on any atom is 0.416 e. The molecule has 0 aliphatic carbocycles. The molecule has 0 amide bonds. The first-order chi connectivity index (χ1) is 13.1. The third kappa shape index (κ3) is 4.28. The van der Waals surface area contributed by atoms with Crippen molar-refractivity contribution < 1.29 is 13.2 Å². The van der Waals surface area contributed by atoms with Crippen LogP contribution in [-0.4, -0.2) is 9.97 Å². The summed E-state index contributed by atoms with van der Waals surface area (Å²) in [5.41, 5.74) is 8.33.